The number of ether oxygens (including phenoxy) is 2. The molecule has 1 aromatic carbocycles. The van der Waals surface area contributed by atoms with Gasteiger partial charge in [-0.15, -0.1) is 0 Å². The van der Waals surface area contributed by atoms with E-state index in [9.17, 15) is 14.9 Å². The maximum atomic E-state index is 11.3. The number of nitrogens with zero attached hydrogens (tertiary/aromatic N) is 1. The highest BCUT2D eigenvalue weighted by Crippen LogP contribution is 2.49. The first-order valence-electron chi connectivity index (χ1n) is 7.69. The van der Waals surface area contributed by atoms with Gasteiger partial charge >= 0.3 is 11.7 Å². The largest absolute Gasteiger partial charge is 0.478 e. The third-order valence-corrected chi connectivity index (χ3v) is 4.88. The van der Waals surface area contributed by atoms with E-state index in [2.05, 4.69) is 0 Å². The van der Waals surface area contributed by atoms with Gasteiger partial charge in [0.2, 0.25) is 0 Å². The number of hydrogen-bond acceptors (Lipinski definition) is 5. The maximum absolute atomic E-state index is 11.3. The van der Waals surface area contributed by atoms with Crippen molar-refractivity contribution in [3.63, 3.8) is 0 Å². The van der Waals surface area contributed by atoms with E-state index in [0.29, 0.717) is 6.42 Å². The van der Waals surface area contributed by atoms with Crippen molar-refractivity contribution in [2.24, 2.45) is 5.92 Å². The van der Waals surface area contributed by atoms with Gasteiger partial charge in [0.25, 0.3) is 0 Å². The van der Waals surface area contributed by atoms with Crippen LogP contribution in [0.2, 0.25) is 0 Å². The lowest BCUT2D eigenvalue weighted by Gasteiger charge is -2.39. The molecule has 0 saturated carbocycles. The van der Waals surface area contributed by atoms with E-state index in [1.54, 1.807) is 0 Å². The summed E-state index contributed by atoms with van der Waals surface area (Å²) < 4.78 is 12.0. The molecule has 2 fully saturated rings. The number of benzene rings is 1. The number of carbonyl (C=O) groups is 1. The van der Waals surface area contributed by atoms with Crippen LogP contribution in [0, 0.1) is 16.0 Å². The fourth-order valence-electron chi connectivity index (χ4n) is 3.62. The van der Waals surface area contributed by atoms with Gasteiger partial charge in [-0.1, -0.05) is 13.8 Å². The van der Waals surface area contributed by atoms with Crippen LogP contribution in [0.1, 0.15) is 43.5 Å². The Morgan fingerprint density at radius 1 is 1.48 bits per heavy atom. The Labute approximate surface area is 133 Å². The molecule has 124 valence electrons. The molecule has 3 rings (SSSR count). The molecule has 0 aliphatic carbocycles. The number of carboxylic acid groups (broad SMARTS) is 1. The number of nitro groups is 1. The van der Waals surface area contributed by atoms with E-state index in [4.69, 9.17) is 14.6 Å². The van der Waals surface area contributed by atoms with Crippen LogP contribution in [-0.4, -0.2) is 33.8 Å². The Kier molecular flexibility index (Phi) is 3.75. The summed E-state index contributed by atoms with van der Waals surface area (Å²) in [7, 11) is 0. The Balaban J connectivity index is 2.01. The van der Waals surface area contributed by atoms with Crippen molar-refractivity contribution >= 4 is 11.7 Å². The highest BCUT2D eigenvalue weighted by molar-refractivity contribution is 5.88. The molecule has 0 spiro atoms. The minimum Gasteiger partial charge on any atom is -0.478 e. The first-order chi connectivity index (χ1) is 10.8. The Hall–Kier alpha value is -2.15. The zero-order valence-corrected chi connectivity index (χ0v) is 13.0. The number of fused-ring (bicyclic) bond motifs is 2. The first-order valence-corrected chi connectivity index (χ1v) is 7.69. The molecule has 0 aromatic heterocycles. The molecule has 2 heterocycles. The van der Waals surface area contributed by atoms with E-state index < -0.39 is 16.5 Å². The number of nitro benzene ring substituents is 1. The van der Waals surface area contributed by atoms with Crippen LogP contribution in [0.5, 0.6) is 5.75 Å². The van der Waals surface area contributed by atoms with E-state index in [1.807, 2.05) is 13.8 Å². The average Bonchev–Trinajstić information content (AvgIpc) is 3.08. The van der Waals surface area contributed by atoms with Gasteiger partial charge in [0, 0.05) is 18.6 Å². The summed E-state index contributed by atoms with van der Waals surface area (Å²) in [6, 6.07) is 3.63. The molecule has 1 aromatic rings. The summed E-state index contributed by atoms with van der Waals surface area (Å²) in [4.78, 5) is 21.9. The van der Waals surface area contributed by atoms with Crippen molar-refractivity contribution in [1.82, 2.24) is 0 Å². The van der Waals surface area contributed by atoms with Gasteiger partial charge in [0.05, 0.1) is 22.7 Å². The summed E-state index contributed by atoms with van der Waals surface area (Å²) in [5.74, 6) is -1.06. The lowest BCUT2D eigenvalue weighted by Crippen LogP contribution is -2.50. The molecule has 2 aliphatic heterocycles. The van der Waals surface area contributed by atoms with Crippen molar-refractivity contribution in [3.05, 3.63) is 33.9 Å². The number of aromatic carboxylic acids is 1. The number of rotatable bonds is 5. The second-order valence-corrected chi connectivity index (χ2v) is 6.48. The van der Waals surface area contributed by atoms with Gasteiger partial charge in [-0.25, -0.2) is 4.79 Å². The summed E-state index contributed by atoms with van der Waals surface area (Å²) in [5.41, 5.74) is -0.906. The topological polar surface area (TPSA) is 98.9 Å². The van der Waals surface area contributed by atoms with Gasteiger partial charge in [0.1, 0.15) is 5.60 Å². The standard InChI is InChI=1S/C16H19NO6/c1-9(2)16(8-11-4-6-14(16)22-11)23-13-7-10(15(18)19)3-5-12(13)17(20)21/h3,5,7,9,11,14H,4,6,8H2,1-2H3,(H,18,19). The smallest absolute Gasteiger partial charge is 0.335 e. The fraction of sp³-hybridized carbons (Fsp3) is 0.562. The zero-order valence-electron chi connectivity index (χ0n) is 13.0. The van der Waals surface area contributed by atoms with Gasteiger partial charge in [0.15, 0.2) is 5.75 Å². The lowest BCUT2D eigenvalue weighted by molar-refractivity contribution is -0.386. The molecule has 7 nitrogen and oxygen atoms in total. The monoisotopic (exact) mass is 321 g/mol. The minimum absolute atomic E-state index is 0.000231. The van der Waals surface area contributed by atoms with E-state index in [1.165, 1.54) is 18.2 Å². The molecule has 1 N–H and O–H groups in total. The van der Waals surface area contributed by atoms with E-state index in [-0.39, 0.29) is 35.1 Å². The summed E-state index contributed by atoms with van der Waals surface area (Å²) >= 11 is 0. The molecular weight excluding hydrogens is 302 g/mol. The highest BCUT2D eigenvalue weighted by Gasteiger charge is 2.56. The van der Waals surface area contributed by atoms with Crippen LogP contribution in [0.3, 0.4) is 0 Å². The van der Waals surface area contributed by atoms with Crippen LogP contribution in [0.25, 0.3) is 0 Å². The van der Waals surface area contributed by atoms with Gasteiger partial charge in [-0.05, 0) is 24.8 Å². The third-order valence-electron chi connectivity index (χ3n) is 4.88. The van der Waals surface area contributed by atoms with Crippen molar-refractivity contribution < 1.29 is 24.3 Å². The van der Waals surface area contributed by atoms with E-state index >= 15 is 0 Å². The Morgan fingerprint density at radius 2 is 2.22 bits per heavy atom. The second kappa shape index (κ2) is 5.49. The normalized spacial score (nSPS) is 29.0. The quantitative estimate of drug-likeness (QED) is 0.661. The maximum Gasteiger partial charge on any atom is 0.335 e. The van der Waals surface area contributed by atoms with Crippen molar-refractivity contribution in [2.75, 3.05) is 0 Å². The molecule has 3 unspecified atom stereocenters. The van der Waals surface area contributed by atoms with Gasteiger partial charge in [-0.3, -0.25) is 10.1 Å². The van der Waals surface area contributed by atoms with Crippen LogP contribution in [-0.2, 0) is 4.74 Å². The molecule has 3 atom stereocenters. The van der Waals surface area contributed by atoms with Gasteiger partial charge in [-0.2, -0.15) is 0 Å². The SMILES string of the molecule is CC(C)C1(Oc2cc(C(=O)O)ccc2[N+](=O)[O-])CC2CCC1O2. The molecular formula is C16H19NO6. The second-order valence-electron chi connectivity index (χ2n) is 6.48. The van der Waals surface area contributed by atoms with E-state index in [0.717, 1.165) is 12.8 Å². The minimum atomic E-state index is -1.15. The first kappa shape index (κ1) is 15.7. The number of hydrogen-bond donors (Lipinski definition) is 1. The van der Waals surface area contributed by atoms with Crippen molar-refractivity contribution in [3.8, 4) is 5.75 Å². The molecule has 2 saturated heterocycles. The summed E-state index contributed by atoms with van der Waals surface area (Å²) in [5, 5.41) is 20.4. The third kappa shape index (κ3) is 2.55. The zero-order chi connectivity index (χ0) is 16.8. The molecule has 7 heteroatoms. The summed E-state index contributed by atoms with van der Waals surface area (Å²) in [6.45, 7) is 3.99. The van der Waals surface area contributed by atoms with Crippen molar-refractivity contribution in [1.29, 1.82) is 0 Å². The number of carboxylic acids is 1. The van der Waals surface area contributed by atoms with Crippen LogP contribution in [0.15, 0.2) is 18.2 Å². The average molecular weight is 321 g/mol. The molecule has 0 radical (unpaired) electrons. The lowest BCUT2D eigenvalue weighted by atomic mass is 9.76. The summed E-state index contributed by atoms with van der Waals surface area (Å²) in [6.07, 6.45) is 2.50. The van der Waals surface area contributed by atoms with Crippen LogP contribution < -0.4 is 4.74 Å². The van der Waals surface area contributed by atoms with Crippen LogP contribution >= 0.6 is 0 Å². The predicted octanol–water partition coefficient (Wildman–Crippen LogP) is 3.02. The molecule has 2 bridgehead atoms. The molecule has 23 heavy (non-hydrogen) atoms. The van der Waals surface area contributed by atoms with Gasteiger partial charge < -0.3 is 14.6 Å². The Morgan fingerprint density at radius 3 is 2.70 bits per heavy atom. The molecule has 2 aliphatic rings. The highest BCUT2D eigenvalue weighted by atomic mass is 16.6. The Bertz CT molecular complexity index is 658. The predicted molar refractivity (Wildman–Crippen MR) is 80.8 cm³/mol. The van der Waals surface area contributed by atoms with Crippen molar-refractivity contribution in [2.45, 2.75) is 50.9 Å². The molecule has 0 amide bonds. The fourth-order valence-corrected chi connectivity index (χ4v) is 3.62. The van der Waals surface area contributed by atoms with Crippen LogP contribution in [0.4, 0.5) is 5.69 Å².